The van der Waals surface area contributed by atoms with Gasteiger partial charge < -0.3 is 5.73 Å². The van der Waals surface area contributed by atoms with Crippen LogP contribution in [0.25, 0.3) is 10.2 Å². The fourth-order valence-corrected chi connectivity index (χ4v) is 3.55. The van der Waals surface area contributed by atoms with Crippen molar-refractivity contribution in [1.29, 1.82) is 0 Å². The summed E-state index contributed by atoms with van der Waals surface area (Å²) < 4.78 is 2.25. The van der Waals surface area contributed by atoms with Gasteiger partial charge in [0.15, 0.2) is 0 Å². The van der Waals surface area contributed by atoms with Crippen LogP contribution in [-0.4, -0.2) is 4.98 Å². The van der Waals surface area contributed by atoms with Gasteiger partial charge in [0.1, 0.15) is 5.01 Å². The molecule has 0 amide bonds. The van der Waals surface area contributed by atoms with Gasteiger partial charge in [-0.15, -0.1) is 11.3 Å². The minimum absolute atomic E-state index is 0.0430. The Morgan fingerprint density at radius 1 is 1.16 bits per heavy atom. The van der Waals surface area contributed by atoms with Crippen LogP contribution in [0, 0.1) is 0 Å². The lowest BCUT2D eigenvalue weighted by Gasteiger charge is -2.07. The van der Waals surface area contributed by atoms with Crippen LogP contribution < -0.4 is 5.73 Å². The van der Waals surface area contributed by atoms with Crippen LogP contribution in [0.1, 0.15) is 16.6 Å². The van der Waals surface area contributed by atoms with Crippen molar-refractivity contribution >= 4 is 37.5 Å². The number of hydrogen-bond donors (Lipinski definition) is 1. The van der Waals surface area contributed by atoms with Crippen molar-refractivity contribution in [2.45, 2.75) is 12.5 Å². The normalized spacial score (nSPS) is 12.7. The minimum Gasteiger partial charge on any atom is -0.322 e. The lowest BCUT2D eigenvalue weighted by Crippen LogP contribution is -2.12. The van der Waals surface area contributed by atoms with Gasteiger partial charge in [-0.3, -0.25) is 0 Å². The van der Waals surface area contributed by atoms with E-state index in [1.54, 1.807) is 11.3 Å². The monoisotopic (exact) mass is 332 g/mol. The van der Waals surface area contributed by atoms with E-state index in [1.807, 2.05) is 30.3 Å². The van der Waals surface area contributed by atoms with E-state index in [4.69, 9.17) is 5.73 Å². The van der Waals surface area contributed by atoms with Crippen molar-refractivity contribution in [1.82, 2.24) is 4.98 Å². The summed E-state index contributed by atoms with van der Waals surface area (Å²) in [6.07, 6.45) is 0.821. The first kappa shape index (κ1) is 12.8. The molecule has 19 heavy (non-hydrogen) atoms. The molecule has 1 aromatic heterocycles. The number of halogens is 1. The molecule has 0 saturated heterocycles. The molecule has 4 heteroatoms. The molecule has 3 rings (SSSR count). The van der Waals surface area contributed by atoms with Crippen molar-refractivity contribution < 1.29 is 0 Å². The van der Waals surface area contributed by atoms with Gasteiger partial charge in [-0.25, -0.2) is 4.98 Å². The zero-order valence-electron chi connectivity index (χ0n) is 10.2. The molecular weight excluding hydrogens is 320 g/mol. The zero-order chi connectivity index (χ0) is 13.2. The number of fused-ring (bicyclic) bond motifs is 1. The smallest absolute Gasteiger partial charge is 0.111 e. The highest BCUT2D eigenvalue weighted by molar-refractivity contribution is 9.10. The Hall–Kier alpha value is -1.23. The van der Waals surface area contributed by atoms with Gasteiger partial charge in [0.25, 0.3) is 0 Å². The summed E-state index contributed by atoms with van der Waals surface area (Å²) in [6.45, 7) is 0. The molecule has 0 aliphatic heterocycles. The predicted molar refractivity (Wildman–Crippen MR) is 84.4 cm³/mol. The Morgan fingerprint density at radius 2 is 1.95 bits per heavy atom. The Labute approximate surface area is 124 Å². The predicted octanol–water partition coefficient (Wildman–Crippen LogP) is 4.30. The van der Waals surface area contributed by atoms with Crippen molar-refractivity contribution in [3.05, 3.63) is 63.6 Å². The number of hydrogen-bond acceptors (Lipinski definition) is 3. The standard InChI is InChI=1S/C15H13BrN2S/c16-11-6-7-13-14(9-11)19-15(18-13)12(17)8-10-4-2-1-3-5-10/h1-7,9,12H,8,17H2. The van der Waals surface area contributed by atoms with E-state index in [2.05, 4.69) is 39.1 Å². The number of thiazole rings is 1. The molecule has 1 heterocycles. The molecule has 0 radical (unpaired) electrons. The summed E-state index contributed by atoms with van der Waals surface area (Å²) in [4.78, 5) is 4.62. The second kappa shape index (κ2) is 5.41. The van der Waals surface area contributed by atoms with Gasteiger partial charge in [0, 0.05) is 4.47 Å². The van der Waals surface area contributed by atoms with Crippen LogP contribution >= 0.6 is 27.3 Å². The summed E-state index contributed by atoms with van der Waals surface area (Å²) in [7, 11) is 0. The first-order valence-electron chi connectivity index (χ1n) is 6.08. The zero-order valence-corrected chi connectivity index (χ0v) is 12.6. The molecule has 0 spiro atoms. The number of aromatic nitrogens is 1. The van der Waals surface area contributed by atoms with Crippen molar-refractivity contribution in [2.75, 3.05) is 0 Å². The average molecular weight is 333 g/mol. The first-order chi connectivity index (χ1) is 9.22. The summed E-state index contributed by atoms with van der Waals surface area (Å²) in [5.74, 6) is 0. The third-order valence-electron chi connectivity index (χ3n) is 2.98. The third-order valence-corrected chi connectivity index (χ3v) is 4.63. The molecule has 96 valence electrons. The van der Waals surface area contributed by atoms with E-state index in [1.165, 1.54) is 10.3 Å². The third kappa shape index (κ3) is 2.86. The van der Waals surface area contributed by atoms with E-state index < -0.39 is 0 Å². The van der Waals surface area contributed by atoms with Gasteiger partial charge >= 0.3 is 0 Å². The van der Waals surface area contributed by atoms with E-state index in [9.17, 15) is 0 Å². The molecule has 2 nitrogen and oxygen atoms in total. The van der Waals surface area contributed by atoms with Gasteiger partial charge in [0.05, 0.1) is 16.3 Å². The summed E-state index contributed by atoms with van der Waals surface area (Å²) in [6, 6.07) is 16.4. The fourth-order valence-electron chi connectivity index (χ4n) is 2.03. The highest BCUT2D eigenvalue weighted by Crippen LogP contribution is 2.29. The Morgan fingerprint density at radius 3 is 2.74 bits per heavy atom. The molecule has 0 bridgehead atoms. The molecule has 0 fully saturated rings. The second-order valence-corrected chi connectivity index (χ2v) is 6.44. The molecule has 0 aliphatic rings. The van der Waals surface area contributed by atoms with Crippen LogP contribution in [0.2, 0.25) is 0 Å². The Balaban J connectivity index is 1.87. The quantitative estimate of drug-likeness (QED) is 0.776. The van der Waals surface area contributed by atoms with Gasteiger partial charge in [0.2, 0.25) is 0 Å². The molecule has 0 aliphatic carbocycles. The lowest BCUT2D eigenvalue weighted by molar-refractivity contribution is 0.717. The van der Waals surface area contributed by atoms with Crippen LogP contribution in [-0.2, 0) is 6.42 Å². The van der Waals surface area contributed by atoms with Crippen molar-refractivity contribution in [2.24, 2.45) is 5.73 Å². The van der Waals surface area contributed by atoms with E-state index in [0.29, 0.717) is 0 Å². The molecular formula is C15H13BrN2S. The highest BCUT2D eigenvalue weighted by Gasteiger charge is 2.12. The molecule has 2 N–H and O–H groups in total. The number of benzene rings is 2. The number of nitrogens with zero attached hydrogens (tertiary/aromatic N) is 1. The molecule has 2 aromatic carbocycles. The summed E-state index contributed by atoms with van der Waals surface area (Å²) in [5, 5.41) is 0.997. The molecule has 0 saturated carbocycles. The van der Waals surface area contributed by atoms with Crippen molar-refractivity contribution in [3.63, 3.8) is 0 Å². The summed E-state index contributed by atoms with van der Waals surface area (Å²) in [5.41, 5.74) is 8.53. The Bertz CT molecular complexity index is 694. The molecule has 1 atom stereocenters. The van der Waals surface area contributed by atoms with Gasteiger partial charge in [-0.1, -0.05) is 46.3 Å². The molecule has 3 aromatic rings. The van der Waals surface area contributed by atoms with E-state index >= 15 is 0 Å². The lowest BCUT2D eigenvalue weighted by atomic mass is 10.1. The Kier molecular flexibility index (Phi) is 3.64. The maximum Gasteiger partial charge on any atom is 0.111 e. The largest absolute Gasteiger partial charge is 0.322 e. The summed E-state index contributed by atoms with van der Waals surface area (Å²) >= 11 is 5.15. The van der Waals surface area contributed by atoms with E-state index in [-0.39, 0.29) is 6.04 Å². The van der Waals surface area contributed by atoms with Crippen LogP contribution in [0.4, 0.5) is 0 Å². The molecule has 1 unspecified atom stereocenters. The topological polar surface area (TPSA) is 38.9 Å². The van der Waals surface area contributed by atoms with Crippen LogP contribution in [0.15, 0.2) is 53.0 Å². The maximum atomic E-state index is 6.27. The average Bonchev–Trinajstić information content (AvgIpc) is 2.83. The minimum atomic E-state index is -0.0430. The number of rotatable bonds is 3. The van der Waals surface area contributed by atoms with Crippen LogP contribution in [0.5, 0.6) is 0 Å². The SMILES string of the molecule is NC(Cc1ccccc1)c1nc2ccc(Br)cc2s1. The number of nitrogens with two attached hydrogens (primary N) is 1. The van der Waals surface area contributed by atoms with Crippen molar-refractivity contribution in [3.8, 4) is 0 Å². The first-order valence-corrected chi connectivity index (χ1v) is 7.69. The van der Waals surface area contributed by atoms with Gasteiger partial charge in [-0.05, 0) is 30.2 Å². The second-order valence-electron chi connectivity index (χ2n) is 4.46. The van der Waals surface area contributed by atoms with E-state index in [0.717, 1.165) is 21.4 Å². The fraction of sp³-hybridized carbons (Fsp3) is 0.133. The maximum absolute atomic E-state index is 6.27. The van der Waals surface area contributed by atoms with Crippen LogP contribution in [0.3, 0.4) is 0 Å². The highest BCUT2D eigenvalue weighted by atomic mass is 79.9. The van der Waals surface area contributed by atoms with Gasteiger partial charge in [-0.2, -0.15) is 0 Å².